The van der Waals surface area contributed by atoms with E-state index in [4.69, 9.17) is 4.74 Å². The van der Waals surface area contributed by atoms with Gasteiger partial charge in [0.15, 0.2) is 0 Å². The molecule has 0 bridgehead atoms. The third-order valence-corrected chi connectivity index (χ3v) is 3.89. The van der Waals surface area contributed by atoms with Crippen LogP contribution < -0.4 is 17.1 Å². The van der Waals surface area contributed by atoms with E-state index in [0.29, 0.717) is 13.0 Å². The van der Waals surface area contributed by atoms with Crippen molar-refractivity contribution in [1.29, 1.82) is 0 Å². The van der Waals surface area contributed by atoms with Crippen LogP contribution in [-0.4, -0.2) is 32.5 Å². The van der Waals surface area contributed by atoms with E-state index < -0.39 is 23.0 Å². The smallest absolute Gasteiger partial charge is 0.336 e. The fourth-order valence-corrected chi connectivity index (χ4v) is 2.28. The number of aromatic nitrogens is 3. The molecule has 0 atom stereocenters. The largest absolute Gasteiger partial charge is 0.466 e. The predicted octanol–water partition coefficient (Wildman–Crippen LogP) is 0.581. The van der Waals surface area contributed by atoms with Gasteiger partial charge >= 0.3 is 23.0 Å². The number of hydrogen-bond donors (Lipinski definition) is 1. The molecule has 1 aromatic heterocycles. The van der Waals surface area contributed by atoms with E-state index in [2.05, 4.69) is 0 Å². The van der Waals surface area contributed by atoms with Crippen molar-refractivity contribution in [3.8, 4) is 0 Å². The summed E-state index contributed by atoms with van der Waals surface area (Å²) in [6.45, 7) is 3.93. The molecule has 1 heterocycles. The molecule has 0 fully saturated rings. The maximum Gasteiger partial charge on any atom is 0.336 e. The summed E-state index contributed by atoms with van der Waals surface area (Å²) in [5, 5.41) is 0. The number of nitrogens with zero attached hydrogens (tertiary/aromatic N) is 2. The molecule has 0 unspecified atom stereocenters. The number of rotatable bonds is 12. The number of Topliss-reactive ketones (excluding diaryl/α,β-unsaturated/α-hetero) is 1. The number of esters is 1. The van der Waals surface area contributed by atoms with Crippen molar-refractivity contribution in [2.45, 2.75) is 71.9 Å². The standard InChI is InChI=1S/C17H27N3O6/c1-3-5-7-13(21)8-10-19-15(23)18-16(24)20(17(19)25)11-9-14(22)26-12-6-4-2/h3-12H2,1-2H3,(H,18,23,24). The van der Waals surface area contributed by atoms with E-state index in [-0.39, 0.29) is 31.7 Å². The first-order chi connectivity index (χ1) is 12.4. The first-order valence-corrected chi connectivity index (χ1v) is 9.02. The first kappa shape index (κ1) is 21.6. The van der Waals surface area contributed by atoms with Gasteiger partial charge in [0.25, 0.3) is 0 Å². The number of hydrogen-bond acceptors (Lipinski definition) is 6. The normalized spacial score (nSPS) is 10.7. The maximum absolute atomic E-state index is 12.4. The zero-order chi connectivity index (χ0) is 19.5. The molecule has 0 radical (unpaired) electrons. The molecule has 1 rings (SSSR count). The van der Waals surface area contributed by atoms with Gasteiger partial charge in [-0.25, -0.2) is 23.5 Å². The van der Waals surface area contributed by atoms with E-state index in [1.165, 1.54) is 0 Å². The van der Waals surface area contributed by atoms with Gasteiger partial charge in [-0.3, -0.25) is 14.6 Å². The van der Waals surface area contributed by atoms with Gasteiger partial charge in [0, 0.05) is 25.9 Å². The Morgan fingerprint density at radius 2 is 1.46 bits per heavy atom. The summed E-state index contributed by atoms with van der Waals surface area (Å²) in [4.78, 5) is 61.4. The van der Waals surface area contributed by atoms with Crippen LogP contribution in [0.1, 0.15) is 58.8 Å². The molecule has 26 heavy (non-hydrogen) atoms. The molecule has 0 saturated carbocycles. The molecule has 1 N–H and O–H groups in total. The quantitative estimate of drug-likeness (QED) is 0.425. The van der Waals surface area contributed by atoms with Gasteiger partial charge in [0.1, 0.15) is 5.78 Å². The Morgan fingerprint density at radius 3 is 2.04 bits per heavy atom. The fourth-order valence-electron chi connectivity index (χ4n) is 2.28. The number of ether oxygens (including phenoxy) is 1. The molecular formula is C17H27N3O6. The Kier molecular flexibility index (Phi) is 9.32. The third-order valence-electron chi connectivity index (χ3n) is 3.89. The average molecular weight is 369 g/mol. The number of H-pyrrole nitrogens is 1. The van der Waals surface area contributed by atoms with Crippen LogP contribution in [0.3, 0.4) is 0 Å². The van der Waals surface area contributed by atoms with Crippen LogP contribution in [0.15, 0.2) is 14.4 Å². The number of unbranched alkanes of at least 4 members (excludes halogenated alkanes) is 2. The summed E-state index contributed by atoms with van der Waals surface area (Å²) in [7, 11) is 0. The molecular weight excluding hydrogens is 342 g/mol. The Balaban J connectivity index is 2.80. The minimum Gasteiger partial charge on any atom is -0.466 e. The van der Waals surface area contributed by atoms with Gasteiger partial charge in [-0.2, -0.15) is 0 Å². The zero-order valence-corrected chi connectivity index (χ0v) is 15.4. The zero-order valence-electron chi connectivity index (χ0n) is 15.4. The Labute approximate surface area is 151 Å². The van der Waals surface area contributed by atoms with Crippen LogP contribution in [0, 0.1) is 0 Å². The summed E-state index contributed by atoms with van der Waals surface area (Å²) in [6.07, 6.45) is 3.54. The molecule has 0 amide bonds. The average Bonchev–Trinajstić information content (AvgIpc) is 2.59. The highest BCUT2D eigenvalue weighted by molar-refractivity contribution is 5.78. The highest BCUT2D eigenvalue weighted by Crippen LogP contribution is 1.99. The summed E-state index contributed by atoms with van der Waals surface area (Å²) < 4.78 is 6.56. The summed E-state index contributed by atoms with van der Waals surface area (Å²) in [6, 6.07) is 0. The second-order valence-electron chi connectivity index (χ2n) is 6.04. The summed E-state index contributed by atoms with van der Waals surface area (Å²) in [5.41, 5.74) is -2.57. The van der Waals surface area contributed by atoms with Crippen molar-refractivity contribution in [3.05, 3.63) is 31.5 Å². The molecule has 0 aromatic carbocycles. The van der Waals surface area contributed by atoms with Gasteiger partial charge in [-0.05, 0) is 12.8 Å². The van der Waals surface area contributed by atoms with Gasteiger partial charge in [-0.15, -0.1) is 0 Å². The van der Waals surface area contributed by atoms with Crippen molar-refractivity contribution >= 4 is 11.8 Å². The second-order valence-corrected chi connectivity index (χ2v) is 6.04. The van der Waals surface area contributed by atoms with E-state index >= 15 is 0 Å². The number of carbonyl (C=O) groups excluding carboxylic acids is 2. The monoisotopic (exact) mass is 369 g/mol. The van der Waals surface area contributed by atoms with Crippen LogP contribution >= 0.6 is 0 Å². The van der Waals surface area contributed by atoms with Crippen LogP contribution in [0.25, 0.3) is 0 Å². The number of nitrogens with one attached hydrogen (secondary N) is 1. The SMILES string of the molecule is CCCCOC(=O)CCn1c(=O)[nH]c(=O)n(CCC(=O)CCCC)c1=O. The molecule has 9 nitrogen and oxygen atoms in total. The fraction of sp³-hybridized carbons (Fsp3) is 0.706. The minimum atomic E-state index is -0.880. The highest BCUT2D eigenvalue weighted by atomic mass is 16.5. The van der Waals surface area contributed by atoms with E-state index in [1.54, 1.807) is 0 Å². The van der Waals surface area contributed by atoms with Crippen LogP contribution in [0.2, 0.25) is 0 Å². The van der Waals surface area contributed by atoms with E-state index in [0.717, 1.165) is 34.8 Å². The lowest BCUT2D eigenvalue weighted by atomic mass is 10.1. The van der Waals surface area contributed by atoms with E-state index in [9.17, 15) is 24.0 Å². The second kappa shape index (κ2) is 11.2. The van der Waals surface area contributed by atoms with Crippen molar-refractivity contribution < 1.29 is 14.3 Å². The molecule has 9 heteroatoms. The Morgan fingerprint density at radius 1 is 0.885 bits per heavy atom. The molecule has 1 aromatic rings. The summed E-state index contributed by atoms with van der Waals surface area (Å²) >= 11 is 0. The number of ketones is 1. The van der Waals surface area contributed by atoms with Gasteiger partial charge in [0.2, 0.25) is 0 Å². The van der Waals surface area contributed by atoms with Crippen LogP contribution in [0.4, 0.5) is 0 Å². The maximum atomic E-state index is 12.4. The molecule has 0 aliphatic rings. The molecule has 146 valence electrons. The van der Waals surface area contributed by atoms with Crippen LogP contribution in [0.5, 0.6) is 0 Å². The first-order valence-electron chi connectivity index (χ1n) is 9.02. The predicted molar refractivity (Wildman–Crippen MR) is 95.2 cm³/mol. The molecule has 0 spiro atoms. The van der Waals surface area contributed by atoms with Gasteiger partial charge < -0.3 is 4.74 Å². The number of carbonyl (C=O) groups is 2. The molecule has 0 aliphatic heterocycles. The van der Waals surface area contributed by atoms with Crippen LogP contribution in [-0.2, 0) is 27.4 Å². The van der Waals surface area contributed by atoms with E-state index in [1.807, 2.05) is 18.8 Å². The Bertz CT molecular complexity index is 774. The third kappa shape index (κ3) is 6.81. The van der Waals surface area contributed by atoms with Crippen molar-refractivity contribution in [2.75, 3.05) is 6.61 Å². The van der Waals surface area contributed by atoms with Gasteiger partial charge in [0.05, 0.1) is 13.0 Å². The number of aromatic amines is 1. The van der Waals surface area contributed by atoms with Gasteiger partial charge in [-0.1, -0.05) is 26.7 Å². The minimum absolute atomic E-state index is 0.0419. The lowest BCUT2D eigenvalue weighted by Crippen LogP contribution is -2.49. The topological polar surface area (TPSA) is 120 Å². The van der Waals surface area contributed by atoms with Crippen molar-refractivity contribution in [1.82, 2.24) is 14.1 Å². The lowest BCUT2D eigenvalue weighted by molar-refractivity contribution is -0.144. The Hall–Kier alpha value is -2.45. The lowest BCUT2D eigenvalue weighted by Gasteiger charge is -2.09. The molecule has 0 aliphatic carbocycles. The van der Waals surface area contributed by atoms with Crippen molar-refractivity contribution in [3.63, 3.8) is 0 Å². The van der Waals surface area contributed by atoms with Crippen molar-refractivity contribution in [2.24, 2.45) is 0 Å². The summed E-state index contributed by atoms with van der Waals surface area (Å²) in [5.74, 6) is -0.562. The molecule has 0 saturated heterocycles. The highest BCUT2D eigenvalue weighted by Gasteiger charge is 2.13.